The minimum absolute atomic E-state index is 0.259. The van der Waals surface area contributed by atoms with Gasteiger partial charge in [0.2, 0.25) is 0 Å². The van der Waals surface area contributed by atoms with E-state index in [0.29, 0.717) is 29.3 Å². The topological polar surface area (TPSA) is 86.1 Å². The Kier molecular flexibility index (Phi) is 10.1. The molecule has 1 heterocycles. The highest BCUT2D eigenvalue weighted by atomic mass is 127. The Bertz CT molecular complexity index is 1710. The van der Waals surface area contributed by atoms with Crippen molar-refractivity contribution in [2.45, 2.75) is 30.4 Å². The maximum atomic E-state index is 15.6. The summed E-state index contributed by atoms with van der Waals surface area (Å²) in [4.78, 5) is 29.3. The molecule has 3 aromatic rings. The van der Waals surface area contributed by atoms with Gasteiger partial charge in [-0.05, 0) is 59.0 Å². The molecule has 1 aromatic heterocycles. The molecule has 0 spiro atoms. The number of halogens is 15. The summed E-state index contributed by atoms with van der Waals surface area (Å²) in [7, 11) is 0. The quantitative estimate of drug-likeness (QED) is 0.154. The lowest BCUT2D eigenvalue weighted by Crippen LogP contribution is -2.50. The first-order valence-electron chi connectivity index (χ1n) is 11.9. The number of alkyl halides is 13. The monoisotopic (exact) mass is 804 g/mol. The van der Waals surface area contributed by atoms with E-state index in [4.69, 9.17) is 5.26 Å². The summed E-state index contributed by atoms with van der Waals surface area (Å²) in [6.07, 6.45) is -23.8. The summed E-state index contributed by atoms with van der Waals surface area (Å²) < 4.78 is 188. The van der Waals surface area contributed by atoms with E-state index in [2.05, 4.69) is 4.98 Å². The van der Waals surface area contributed by atoms with Gasteiger partial charge in [0.05, 0.1) is 34.1 Å². The number of nitrogens with zero attached hydrogens (tertiary/aromatic N) is 3. The van der Waals surface area contributed by atoms with E-state index in [1.54, 1.807) is 0 Å². The van der Waals surface area contributed by atoms with Crippen molar-refractivity contribution in [2.24, 2.45) is 0 Å². The van der Waals surface area contributed by atoms with Crippen molar-refractivity contribution in [3.63, 3.8) is 0 Å². The molecule has 252 valence electrons. The standard InChI is InChI=1S/C26H11F14IN4O2/c27-18-13(2-1-3-16(18)45(7-6-42)21(47)11-4-5-17(43-10-11)24(32,33)34)20(46)44-19-14(23(29,30)31)8-12(9-15(19)41)22(28,25(35,36)37)26(38,39)40/h1-5,8-10H,7H2,(H,44,46). The normalized spacial score (nSPS) is 12.8. The molecule has 0 aliphatic heterocycles. The van der Waals surface area contributed by atoms with Gasteiger partial charge in [-0.15, -0.1) is 0 Å². The molecule has 2 amide bonds. The zero-order chi connectivity index (χ0) is 35.9. The van der Waals surface area contributed by atoms with Crippen molar-refractivity contribution in [1.29, 1.82) is 5.26 Å². The lowest BCUT2D eigenvalue weighted by atomic mass is 9.92. The van der Waals surface area contributed by atoms with Gasteiger partial charge in [-0.25, -0.2) is 8.78 Å². The van der Waals surface area contributed by atoms with Crippen LogP contribution in [0.3, 0.4) is 0 Å². The minimum Gasteiger partial charge on any atom is -0.320 e. The van der Waals surface area contributed by atoms with Crippen LogP contribution in [0, 0.1) is 20.7 Å². The Balaban J connectivity index is 2.10. The van der Waals surface area contributed by atoms with Crippen molar-refractivity contribution in [3.05, 3.63) is 86.0 Å². The Morgan fingerprint density at radius 3 is 1.94 bits per heavy atom. The van der Waals surface area contributed by atoms with Gasteiger partial charge in [0.25, 0.3) is 11.8 Å². The average Bonchev–Trinajstić information content (AvgIpc) is 2.94. The lowest BCUT2D eigenvalue weighted by molar-refractivity contribution is -0.348. The molecule has 47 heavy (non-hydrogen) atoms. The second kappa shape index (κ2) is 12.8. The van der Waals surface area contributed by atoms with Crippen molar-refractivity contribution >= 4 is 45.8 Å². The summed E-state index contributed by atoms with van der Waals surface area (Å²) in [6.45, 7) is -0.997. The molecule has 1 N–H and O–H groups in total. The van der Waals surface area contributed by atoms with Crippen LogP contribution in [0.2, 0.25) is 0 Å². The molecule has 0 aliphatic rings. The number of rotatable bonds is 6. The van der Waals surface area contributed by atoms with Crippen molar-refractivity contribution < 1.29 is 71.1 Å². The largest absolute Gasteiger partial charge is 0.435 e. The maximum absolute atomic E-state index is 15.6. The third-order valence-corrected chi connectivity index (χ3v) is 6.95. The molecule has 0 saturated carbocycles. The first-order chi connectivity index (χ1) is 21.4. The predicted molar refractivity (Wildman–Crippen MR) is 140 cm³/mol. The second-order valence-electron chi connectivity index (χ2n) is 9.10. The number of nitriles is 1. The van der Waals surface area contributed by atoms with Crippen LogP contribution >= 0.6 is 22.6 Å². The molecule has 0 bridgehead atoms. The number of amides is 2. The molecule has 0 fully saturated rings. The third kappa shape index (κ3) is 7.36. The Hall–Kier alpha value is -4.23. The highest BCUT2D eigenvalue weighted by molar-refractivity contribution is 14.1. The fourth-order valence-electron chi connectivity index (χ4n) is 3.91. The molecule has 6 nitrogen and oxygen atoms in total. The molecule has 0 atom stereocenters. The van der Waals surface area contributed by atoms with Gasteiger partial charge in [-0.3, -0.25) is 19.5 Å². The molecule has 0 unspecified atom stereocenters. The fraction of sp³-hybridized carbons (Fsp3) is 0.231. The van der Waals surface area contributed by atoms with Gasteiger partial charge in [0, 0.05) is 15.3 Å². The van der Waals surface area contributed by atoms with Crippen LogP contribution in [0.4, 0.5) is 72.8 Å². The number of hydrogen-bond acceptors (Lipinski definition) is 4. The van der Waals surface area contributed by atoms with Crippen LogP contribution in [-0.2, 0) is 18.0 Å². The highest BCUT2D eigenvalue weighted by Crippen LogP contribution is 2.54. The number of hydrogen-bond donors (Lipinski definition) is 1. The van der Waals surface area contributed by atoms with E-state index >= 15 is 4.39 Å². The average molecular weight is 804 g/mol. The molecule has 3 rings (SSSR count). The van der Waals surface area contributed by atoms with Crippen molar-refractivity contribution in [2.75, 3.05) is 16.8 Å². The fourth-order valence-corrected chi connectivity index (χ4v) is 4.67. The van der Waals surface area contributed by atoms with Crippen LogP contribution < -0.4 is 10.2 Å². The highest BCUT2D eigenvalue weighted by Gasteiger charge is 2.73. The number of carbonyl (C=O) groups excluding carboxylic acids is 2. The number of pyridine rings is 1. The van der Waals surface area contributed by atoms with Gasteiger partial charge in [0.15, 0.2) is 5.82 Å². The maximum Gasteiger partial charge on any atom is 0.435 e. The first kappa shape index (κ1) is 37.2. The molecular weight excluding hydrogens is 793 g/mol. The number of benzene rings is 2. The van der Waals surface area contributed by atoms with Gasteiger partial charge in [-0.2, -0.15) is 57.9 Å². The van der Waals surface area contributed by atoms with E-state index in [9.17, 15) is 66.7 Å². The van der Waals surface area contributed by atoms with Crippen LogP contribution in [0.25, 0.3) is 0 Å². The van der Waals surface area contributed by atoms with E-state index in [-0.39, 0.29) is 6.07 Å². The summed E-state index contributed by atoms with van der Waals surface area (Å²) in [5.74, 6) is -4.83. The van der Waals surface area contributed by atoms with Gasteiger partial charge in [0.1, 0.15) is 12.2 Å². The van der Waals surface area contributed by atoms with Crippen molar-refractivity contribution in [3.8, 4) is 6.07 Å². The molecule has 0 saturated heterocycles. The van der Waals surface area contributed by atoms with E-state index in [1.165, 1.54) is 11.4 Å². The molecule has 21 heteroatoms. The Morgan fingerprint density at radius 2 is 1.47 bits per heavy atom. The van der Waals surface area contributed by atoms with Crippen LogP contribution in [0.1, 0.15) is 37.5 Å². The second-order valence-corrected chi connectivity index (χ2v) is 10.3. The van der Waals surface area contributed by atoms with E-state index in [0.717, 1.165) is 34.7 Å². The van der Waals surface area contributed by atoms with Gasteiger partial charge < -0.3 is 5.32 Å². The van der Waals surface area contributed by atoms with Gasteiger partial charge >= 0.3 is 30.4 Å². The third-order valence-electron chi connectivity index (χ3n) is 6.10. The number of anilines is 2. The molecular formula is C26H11F14IN4O2. The first-order valence-corrected chi connectivity index (χ1v) is 13.0. The summed E-state index contributed by atoms with van der Waals surface area (Å²) >= 11 is 0.785. The summed E-state index contributed by atoms with van der Waals surface area (Å²) in [5.41, 5.74) is -16.8. The number of carbonyl (C=O) groups is 2. The summed E-state index contributed by atoms with van der Waals surface area (Å²) in [6, 6.07) is 3.65. The SMILES string of the molecule is N#CCN(C(=O)c1ccc(C(F)(F)F)nc1)c1cccc(C(=O)Nc2c(I)cc(C(F)(C(F)(F)F)C(F)(F)F)cc2C(F)(F)F)c1F. The number of nitrogens with one attached hydrogen (secondary N) is 1. The summed E-state index contributed by atoms with van der Waals surface area (Å²) in [5, 5.41) is 10.6. The van der Waals surface area contributed by atoms with E-state index < -0.39 is 104 Å². The zero-order valence-corrected chi connectivity index (χ0v) is 24.3. The molecule has 0 aliphatic carbocycles. The Morgan fingerprint density at radius 1 is 0.872 bits per heavy atom. The lowest BCUT2D eigenvalue weighted by Gasteiger charge is -2.31. The molecule has 0 radical (unpaired) electrons. The van der Waals surface area contributed by atoms with Gasteiger partial charge in [-0.1, -0.05) is 6.07 Å². The Labute approximate surface area is 266 Å². The predicted octanol–water partition coefficient (Wildman–Crippen LogP) is 8.57. The smallest absolute Gasteiger partial charge is 0.320 e. The van der Waals surface area contributed by atoms with Crippen LogP contribution in [0.15, 0.2) is 48.7 Å². The van der Waals surface area contributed by atoms with Crippen LogP contribution in [-0.4, -0.2) is 35.7 Å². The zero-order valence-electron chi connectivity index (χ0n) is 22.2. The minimum atomic E-state index is -6.78. The number of aromatic nitrogens is 1. The molecule has 2 aromatic carbocycles. The van der Waals surface area contributed by atoms with Crippen molar-refractivity contribution in [1.82, 2.24) is 4.98 Å². The van der Waals surface area contributed by atoms with E-state index in [1.807, 2.05) is 0 Å². The van der Waals surface area contributed by atoms with Crippen LogP contribution in [0.5, 0.6) is 0 Å².